The monoisotopic (exact) mass is 522 g/mol. The van der Waals surface area contributed by atoms with E-state index in [2.05, 4.69) is 6.92 Å². The van der Waals surface area contributed by atoms with Crippen molar-refractivity contribution in [1.82, 2.24) is 9.29 Å². The van der Waals surface area contributed by atoms with E-state index in [1.165, 1.54) is 22.8 Å². The third-order valence-electron chi connectivity index (χ3n) is 5.10. The molecule has 0 bridgehead atoms. The number of carbonyl (C=O) groups excluding carboxylic acids is 1. The minimum absolute atomic E-state index is 0.00882. The second-order valence-electron chi connectivity index (χ2n) is 7.68. The van der Waals surface area contributed by atoms with Crippen LogP contribution in [0.15, 0.2) is 59.4 Å². The van der Waals surface area contributed by atoms with Crippen molar-refractivity contribution in [3.8, 4) is 5.75 Å². The minimum atomic E-state index is -3.65. The average Bonchev–Trinajstić information content (AvgIpc) is 2.79. The van der Waals surface area contributed by atoms with Crippen LogP contribution in [-0.4, -0.2) is 25.1 Å². The molecule has 0 spiro atoms. The number of pyridine rings is 1. The van der Waals surface area contributed by atoms with Crippen LogP contribution >= 0.6 is 23.2 Å². The van der Waals surface area contributed by atoms with Crippen LogP contribution in [0.5, 0.6) is 5.75 Å². The van der Waals surface area contributed by atoms with Gasteiger partial charge in [0, 0.05) is 12.1 Å². The Morgan fingerprint density at radius 1 is 1.03 bits per heavy atom. The molecule has 0 radical (unpaired) electrons. The van der Waals surface area contributed by atoms with E-state index in [0.29, 0.717) is 22.9 Å². The van der Waals surface area contributed by atoms with Crippen molar-refractivity contribution in [1.29, 1.82) is 0 Å². The summed E-state index contributed by atoms with van der Waals surface area (Å²) in [7, 11) is -3.65. The molecule has 2 aromatic carbocycles. The quantitative estimate of drug-likeness (QED) is 0.453. The molecule has 3 rings (SSSR count). The van der Waals surface area contributed by atoms with Gasteiger partial charge in [0.1, 0.15) is 17.4 Å². The molecule has 0 saturated heterocycles. The van der Waals surface area contributed by atoms with Crippen LogP contribution in [0.3, 0.4) is 0 Å². The second-order valence-corrected chi connectivity index (χ2v) is 10.2. The Balaban J connectivity index is 1.77. The van der Waals surface area contributed by atoms with E-state index in [1.54, 1.807) is 12.1 Å². The average molecular weight is 523 g/mol. The minimum Gasteiger partial charge on any atom is -0.487 e. The molecule has 0 aliphatic carbocycles. The molecular weight excluding hydrogens is 499 g/mol. The maximum atomic E-state index is 12.8. The lowest BCUT2D eigenvalue weighted by molar-refractivity contribution is 0.0981. The van der Waals surface area contributed by atoms with Crippen LogP contribution in [0, 0.1) is 0 Å². The number of hydrogen-bond acceptors (Lipinski definition) is 5. The molecule has 0 aliphatic rings. The highest BCUT2D eigenvalue weighted by Crippen LogP contribution is 2.22. The van der Waals surface area contributed by atoms with Gasteiger partial charge in [-0.05, 0) is 54.3 Å². The molecule has 1 heterocycles. The van der Waals surface area contributed by atoms with Crippen molar-refractivity contribution in [2.24, 2.45) is 0 Å². The molecular formula is C24H24Cl2N2O5S. The van der Waals surface area contributed by atoms with Gasteiger partial charge in [0.05, 0.1) is 17.0 Å². The van der Waals surface area contributed by atoms with Gasteiger partial charge in [-0.25, -0.2) is 13.1 Å². The fraction of sp³-hybridized carbons (Fsp3) is 0.250. The van der Waals surface area contributed by atoms with E-state index in [9.17, 15) is 18.0 Å². The van der Waals surface area contributed by atoms with Crippen molar-refractivity contribution in [3.05, 3.63) is 97.4 Å². The van der Waals surface area contributed by atoms with E-state index in [-0.39, 0.29) is 29.3 Å². The first-order chi connectivity index (χ1) is 16.1. The molecule has 1 N–H and O–H groups in total. The Hall–Kier alpha value is -2.81. The highest BCUT2D eigenvalue weighted by Gasteiger charge is 2.15. The second kappa shape index (κ2) is 11.1. The normalized spacial score (nSPS) is 11.3. The lowest BCUT2D eigenvalue weighted by atomic mass is 10.1. The summed E-state index contributed by atoms with van der Waals surface area (Å²) >= 11 is 12.5. The maximum absolute atomic E-state index is 12.8. The molecule has 1 aromatic heterocycles. The first-order valence-corrected chi connectivity index (χ1v) is 13.1. The number of aryl methyl sites for hydroxylation is 2. The smallest absolute Gasteiger partial charge is 0.269 e. The highest BCUT2D eigenvalue weighted by atomic mass is 35.5. The van der Waals surface area contributed by atoms with E-state index in [1.807, 2.05) is 29.0 Å². The van der Waals surface area contributed by atoms with E-state index in [0.717, 1.165) is 23.8 Å². The van der Waals surface area contributed by atoms with Gasteiger partial charge in [-0.2, -0.15) is 0 Å². The van der Waals surface area contributed by atoms with Crippen molar-refractivity contribution in [3.63, 3.8) is 0 Å². The van der Waals surface area contributed by atoms with Gasteiger partial charge in [0.15, 0.2) is 0 Å². The molecule has 10 heteroatoms. The van der Waals surface area contributed by atoms with E-state index in [4.69, 9.17) is 27.9 Å². The number of rotatable bonds is 9. The standard InChI is InChI=1S/C24H24Cl2N2O5S/c1-3-16-5-4-6-19(13-16)33-15-22-20(25)14-21(26)24(30)28(22)12-11-17-7-9-18(10-8-17)23(29)27-34(2,31)32/h4-10,13-14H,3,11-12,15H2,1-2H3,(H,27,29). The topological polar surface area (TPSA) is 94.5 Å². The Kier molecular flexibility index (Phi) is 8.41. The number of carbonyl (C=O) groups is 1. The predicted molar refractivity (Wildman–Crippen MR) is 133 cm³/mol. The molecule has 34 heavy (non-hydrogen) atoms. The molecule has 3 aromatic rings. The van der Waals surface area contributed by atoms with Crippen LogP contribution < -0.4 is 15.0 Å². The number of aromatic nitrogens is 1. The molecule has 1 amide bonds. The van der Waals surface area contributed by atoms with Crippen molar-refractivity contribution in [2.75, 3.05) is 6.26 Å². The molecule has 0 unspecified atom stereocenters. The lowest BCUT2D eigenvalue weighted by Gasteiger charge is -2.16. The Labute approximate surface area is 208 Å². The summed E-state index contributed by atoms with van der Waals surface area (Å²) < 4.78 is 31.8. The molecule has 0 aliphatic heterocycles. The van der Waals surface area contributed by atoms with Crippen LogP contribution in [0.4, 0.5) is 0 Å². The summed E-state index contributed by atoms with van der Waals surface area (Å²) in [4.78, 5) is 24.7. The summed E-state index contributed by atoms with van der Waals surface area (Å²) in [5, 5.41) is 0.332. The fourth-order valence-electron chi connectivity index (χ4n) is 3.32. The maximum Gasteiger partial charge on any atom is 0.269 e. The van der Waals surface area contributed by atoms with Crippen molar-refractivity contribution < 1.29 is 17.9 Å². The Bertz CT molecular complexity index is 1350. The van der Waals surface area contributed by atoms with Gasteiger partial charge in [0.2, 0.25) is 10.0 Å². The summed E-state index contributed by atoms with van der Waals surface area (Å²) in [5.74, 6) is -0.0363. The molecule has 0 saturated carbocycles. The zero-order valence-corrected chi connectivity index (χ0v) is 21.0. The number of hydrogen-bond donors (Lipinski definition) is 1. The van der Waals surface area contributed by atoms with Crippen LogP contribution in [-0.2, 0) is 36.0 Å². The Morgan fingerprint density at radius 2 is 1.74 bits per heavy atom. The number of ether oxygens (including phenoxy) is 1. The number of sulfonamides is 1. The number of benzene rings is 2. The van der Waals surface area contributed by atoms with Gasteiger partial charge in [-0.3, -0.25) is 9.59 Å². The number of nitrogens with one attached hydrogen (secondary N) is 1. The summed E-state index contributed by atoms with van der Waals surface area (Å²) in [5.41, 5.74) is 2.30. The van der Waals surface area contributed by atoms with Gasteiger partial charge in [-0.1, -0.05) is 54.4 Å². The van der Waals surface area contributed by atoms with Crippen molar-refractivity contribution >= 4 is 39.1 Å². The van der Waals surface area contributed by atoms with E-state index < -0.39 is 15.9 Å². The zero-order valence-electron chi connectivity index (χ0n) is 18.7. The third kappa shape index (κ3) is 6.85. The van der Waals surface area contributed by atoms with Crippen molar-refractivity contribution in [2.45, 2.75) is 32.9 Å². The molecule has 0 fully saturated rings. The highest BCUT2D eigenvalue weighted by molar-refractivity contribution is 7.89. The number of nitrogens with zero attached hydrogens (tertiary/aromatic N) is 1. The van der Waals surface area contributed by atoms with Gasteiger partial charge in [0.25, 0.3) is 11.5 Å². The number of halogens is 2. The fourth-order valence-corrected chi connectivity index (χ4v) is 4.31. The van der Waals surface area contributed by atoms with Crippen LogP contribution in [0.25, 0.3) is 0 Å². The first kappa shape index (κ1) is 25.8. The Morgan fingerprint density at radius 3 is 2.38 bits per heavy atom. The largest absolute Gasteiger partial charge is 0.487 e. The van der Waals surface area contributed by atoms with Gasteiger partial charge >= 0.3 is 0 Å². The molecule has 7 nitrogen and oxygen atoms in total. The van der Waals surface area contributed by atoms with Crippen LogP contribution in [0.1, 0.15) is 34.1 Å². The van der Waals surface area contributed by atoms with Gasteiger partial charge < -0.3 is 9.30 Å². The molecule has 180 valence electrons. The summed E-state index contributed by atoms with van der Waals surface area (Å²) in [6.07, 6.45) is 2.23. The molecule has 0 atom stereocenters. The summed E-state index contributed by atoms with van der Waals surface area (Å²) in [6, 6.07) is 15.5. The zero-order chi connectivity index (χ0) is 24.9. The van der Waals surface area contributed by atoms with E-state index >= 15 is 0 Å². The third-order valence-corrected chi connectivity index (χ3v) is 6.26. The van der Waals surface area contributed by atoms with Crippen LogP contribution in [0.2, 0.25) is 10.0 Å². The first-order valence-electron chi connectivity index (χ1n) is 10.5. The lowest BCUT2D eigenvalue weighted by Crippen LogP contribution is -2.29. The van der Waals surface area contributed by atoms with Gasteiger partial charge in [-0.15, -0.1) is 0 Å². The SMILES string of the molecule is CCc1cccc(OCc2c(Cl)cc(Cl)c(=O)n2CCc2ccc(C(=O)NS(C)(=O)=O)cc2)c1. The predicted octanol–water partition coefficient (Wildman–Crippen LogP) is 4.23. The number of amides is 1. The summed E-state index contributed by atoms with van der Waals surface area (Å²) in [6.45, 7) is 2.42.